The van der Waals surface area contributed by atoms with Crippen LogP contribution in [0.2, 0.25) is 0 Å². The second kappa shape index (κ2) is 14.9. The summed E-state index contributed by atoms with van der Waals surface area (Å²) >= 11 is 0. The summed E-state index contributed by atoms with van der Waals surface area (Å²) in [4.78, 5) is 15.7. The van der Waals surface area contributed by atoms with E-state index in [-0.39, 0.29) is 24.7 Å². The molecule has 2 aromatic carbocycles. The first-order valence-electron chi connectivity index (χ1n) is 20.4. The first-order valence-corrected chi connectivity index (χ1v) is 20.4. The minimum absolute atomic E-state index is 0.113. The van der Waals surface area contributed by atoms with Gasteiger partial charge in [0.05, 0.1) is 18.8 Å². The van der Waals surface area contributed by atoms with Crippen LogP contribution < -0.4 is 25.0 Å². The number of hydrogen-bond acceptors (Lipinski definition) is 16. The van der Waals surface area contributed by atoms with E-state index in [0.29, 0.717) is 123 Å². The summed E-state index contributed by atoms with van der Waals surface area (Å²) in [5.41, 5.74) is 8.34. The van der Waals surface area contributed by atoms with E-state index in [2.05, 4.69) is 67.3 Å². The lowest BCUT2D eigenvalue weighted by Gasteiger charge is -2.23. The Morgan fingerprint density at radius 2 is 1.38 bits per heavy atom. The van der Waals surface area contributed by atoms with Crippen LogP contribution in [0.1, 0.15) is 33.4 Å². The molecule has 2 aliphatic rings. The van der Waals surface area contributed by atoms with Crippen LogP contribution in [0, 0.1) is 23.0 Å². The lowest BCUT2D eigenvalue weighted by molar-refractivity contribution is 0.353. The second-order valence-electron chi connectivity index (χ2n) is 15.5. The number of nitrogens with zero attached hydrogens (tertiary/aromatic N) is 16. The summed E-state index contributed by atoms with van der Waals surface area (Å²) in [6, 6.07) is 12.3. The summed E-state index contributed by atoms with van der Waals surface area (Å²) in [6.07, 6.45) is 12.2. The average Bonchev–Trinajstić information content (AvgIpc) is 4.17. The molecule has 0 unspecified atom stereocenters. The summed E-state index contributed by atoms with van der Waals surface area (Å²) in [7, 11) is 1.91. The molecule has 2 N–H and O–H groups in total. The highest BCUT2D eigenvalue weighted by atomic mass is 19.1. The number of fused-ring (bicyclic) bond motifs is 6. The Morgan fingerprint density at radius 1 is 0.723 bits per heavy atom. The molecule has 65 heavy (non-hydrogen) atoms. The Bertz CT molecular complexity index is 3590. The van der Waals surface area contributed by atoms with Gasteiger partial charge in [0.1, 0.15) is 60.3 Å². The number of hydrogen-bond donors (Lipinski definition) is 2. The van der Waals surface area contributed by atoms with E-state index in [1.165, 1.54) is 29.3 Å². The Balaban J connectivity index is 0.796. The van der Waals surface area contributed by atoms with Gasteiger partial charge in [0.2, 0.25) is 11.9 Å². The number of nitrogens with one attached hydrogen (secondary N) is 2. The number of anilines is 3. The van der Waals surface area contributed by atoms with Crippen molar-refractivity contribution in [3.05, 3.63) is 125 Å². The fourth-order valence-electron chi connectivity index (χ4n) is 8.85. The number of halogens is 2. The zero-order valence-corrected chi connectivity index (χ0v) is 34.2. The predicted octanol–water partition coefficient (Wildman–Crippen LogP) is 4.86. The molecule has 0 saturated heterocycles. The minimum Gasteiger partial charge on any atom is -0.493 e. The minimum atomic E-state index is -0.385. The van der Waals surface area contributed by atoms with E-state index < -0.39 is 0 Å². The Labute approximate surface area is 364 Å². The molecule has 0 radical (unpaired) electrons. The quantitative estimate of drug-likeness (QED) is 0.177. The van der Waals surface area contributed by atoms with Crippen molar-refractivity contribution >= 4 is 40.3 Å². The van der Waals surface area contributed by atoms with Crippen molar-refractivity contribution < 1.29 is 18.3 Å². The van der Waals surface area contributed by atoms with Crippen LogP contribution in [-0.2, 0) is 32.5 Å². The topological polar surface area (TPSA) is 216 Å². The third kappa shape index (κ3) is 6.15. The summed E-state index contributed by atoms with van der Waals surface area (Å²) in [5.74, 6) is 2.22. The van der Waals surface area contributed by atoms with Crippen LogP contribution in [0.3, 0.4) is 0 Å². The number of ether oxygens (including phenoxy) is 2. The van der Waals surface area contributed by atoms with Crippen molar-refractivity contribution in [1.29, 1.82) is 5.26 Å². The van der Waals surface area contributed by atoms with Crippen LogP contribution in [0.15, 0.2) is 80.3 Å². The molecule has 2 aliphatic heterocycles. The van der Waals surface area contributed by atoms with Crippen molar-refractivity contribution in [3.8, 4) is 39.8 Å². The fourth-order valence-corrected chi connectivity index (χ4v) is 8.85. The molecule has 10 aromatic rings. The molecule has 10 heterocycles. The van der Waals surface area contributed by atoms with Gasteiger partial charge in [0.15, 0.2) is 22.6 Å². The van der Waals surface area contributed by atoms with Crippen LogP contribution >= 0.6 is 0 Å². The highest BCUT2D eigenvalue weighted by molar-refractivity contribution is 5.88. The van der Waals surface area contributed by atoms with E-state index in [4.69, 9.17) is 9.47 Å². The Kier molecular flexibility index (Phi) is 8.68. The predicted molar refractivity (Wildman–Crippen MR) is 228 cm³/mol. The van der Waals surface area contributed by atoms with Crippen molar-refractivity contribution in [2.24, 2.45) is 0 Å². The number of rotatable bonds is 11. The first-order chi connectivity index (χ1) is 31.9. The molecule has 20 nitrogen and oxygen atoms in total. The molecule has 8 aromatic heterocycles. The molecule has 0 saturated carbocycles. The molecular weight excluding hydrogens is 839 g/mol. The fraction of sp³-hybridized carbons (Fsp3) is 0.186. The monoisotopic (exact) mass is 870 g/mol. The third-order valence-electron chi connectivity index (χ3n) is 11.9. The SMILES string of the molecule is CN(Cc1cc(F)c(CNc2ncc(-c3cc(C#N)cn4ncnc34)c3nncn23)c2c1OCC2)c1ccc(-c2cnc(NCc3c(F)ccc4c3CCO4)n3cnnc23)c2nncn12. The van der Waals surface area contributed by atoms with E-state index in [9.17, 15) is 9.65 Å². The number of aromatic nitrogens is 14. The average molecular weight is 871 g/mol. The lowest BCUT2D eigenvalue weighted by atomic mass is 10.00. The maximum Gasteiger partial charge on any atom is 0.210 e. The van der Waals surface area contributed by atoms with Crippen LogP contribution in [0.5, 0.6) is 11.5 Å². The molecular formula is C43H32F2N18O2. The van der Waals surface area contributed by atoms with Gasteiger partial charge in [0.25, 0.3) is 0 Å². The number of pyridine rings is 2. The third-order valence-corrected chi connectivity index (χ3v) is 11.9. The van der Waals surface area contributed by atoms with Gasteiger partial charge in [-0.3, -0.25) is 13.2 Å². The summed E-state index contributed by atoms with van der Waals surface area (Å²) < 4.78 is 49.8. The van der Waals surface area contributed by atoms with E-state index in [1.54, 1.807) is 52.2 Å². The molecule has 0 amide bonds. The lowest BCUT2D eigenvalue weighted by Crippen LogP contribution is -2.20. The number of nitriles is 1. The van der Waals surface area contributed by atoms with Crippen molar-refractivity contribution in [2.75, 3.05) is 35.8 Å². The zero-order valence-electron chi connectivity index (χ0n) is 34.2. The van der Waals surface area contributed by atoms with Gasteiger partial charge in [-0.2, -0.15) is 10.4 Å². The molecule has 320 valence electrons. The van der Waals surface area contributed by atoms with Crippen molar-refractivity contribution in [1.82, 2.24) is 68.4 Å². The Hall–Kier alpha value is -8.87. The smallest absolute Gasteiger partial charge is 0.210 e. The first kappa shape index (κ1) is 37.9. The maximum atomic E-state index is 16.3. The molecule has 0 bridgehead atoms. The van der Waals surface area contributed by atoms with Crippen molar-refractivity contribution in [3.63, 3.8) is 0 Å². The van der Waals surface area contributed by atoms with Gasteiger partial charge in [-0.15, -0.1) is 30.6 Å². The molecule has 0 aliphatic carbocycles. The van der Waals surface area contributed by atoms with E-state index >= 15 is 4.39 Å². The highest BCUT2D eigenvalue weighted by Gasteiger charge is 2.27. The molecule has 0 atom stereocenters. The number of benzene rings is 2. The van der Waals surface area contributed by atoms with Gasteiger partial charge in [-0.25, -0.2) is 28.2 Å². The molecule has 0 spiro atoms. The maximum absolute atomic E-state index is 16.3. The standard InChI is InChI=1S/C43H32F2N18O2/c1-59(36-5-2-27(39-56-52-20-60(36)39)31-15-49-42(61-21-53-57-40(31)61)47-13-29-25-6-8-64-35(25)4-3-33(29)44)18-24-11-34(45)30(26-7-9-65-37(24)26)14-48-43-50-16-32(41-58-54-22-62(41)43)28-10-23(12-46)17-63-38(28)51-19-55-63/h2-5,10-11,15-17,19-22H,6-9,13-14,18H2,1H3,(H,47,49)(H,48,50). The molecule has 22 heteroatoms. The Morgan fingerprint density at radius 3 is 2.12 bits per heavy atom. The van der Waals surface area contributed by atoms with Gasteiger partial charge in [-0.05, 0) is 36.4 Å². The van der Waals surface area contributed by atoms with Crippen LogP contribution in [0.25, 0.3) is 44.8 Å². The molecule has 12 rings (SSSR count). The van der Waals surface area contributed by atoms with Gasteiger partial charge >= 0.3 is 0 Å². The largest absolute Gasteiger partial charge is 0.493 e. The normalized spacial score (nSPS) is 13.0. The summed E-state index contributed by atoms with van der Waals surface area (Å²) in [5, 5.41) is 46.1. The van der Waals surface area contributed by atoms with E-state index in [1.807, 2.05) is 28.5 Å². The van der Waals surface area contributed by atoms with Gasteiger partial charge in [-0.1, -0.05) is 0 Å². The zero-order chi connectivity index (χ0) is 43.8. The van der Waals surface area contributed by atoms with Crippen LogP contribution in [-0.4, -0.2) is 88.6 Å². The van der Waals surface area contributed by atoms with Gasteiger partial charge < -0.3 is 25.0 Å². The summed E-state index contributed by atoms with van der Waals surface area (Å²) in [6.45, 7) is 1.55. The van der Waals surface area contributed by atoms with Crippen LogP contribution in [0.4, 0.5) is 26.5 Å². The molecule has 0 fully saturated rings. The van der Waals surface area contributed by atoms with Crippen molar-refractivity contribution in [2.45, 2.75) is 32.5 Å². The highest BCUT2D eigenvalue weighted by Crippen LogP contribution is 2.38. The second-order valence-corrected chi connectivity index (χ2v) is 15.5. The van der Waals surface area contributed by atoms with Gasteiger partial charge in [0, 0.05) is 108 Å². The van der Waals surface area contributed by atoms with E-state index in [0.717, 1.165) is 16.9 Å².